The number of thioether (sulfide) groups is 1. The van der Waals surface area contributed by atoms with E-state index in [9.17, 15) is 5.11 Å². The molecule has 1 N–H and O–H groups in total. The van der Waals surface area contributed by atoms with Crippen molar-refractivity contribution < 1.29 is 28.8 Å². The Hall–Kier alpha value is -0.670. The zero-order valence-corrected chi connectivity index (χ0v) is 16.0. The van der Waals surface area contributed by atoms with Crippen LogP contribution >= 0.6 is 11.8 Å². The maximum absolute atomic E-state index is 10.9. The van der Waals surface area contributed by atoms with E-state index in [1.807, 2.05) is 37.3 Å². The molecule has 2 aliphatic heterocycles. The fourth-order valence-corrected chi connectivity index (χ4v) is 4.32. The van der Waals surface area contributed by atoms with Gasteiger partial charge in [0.15, 0.2) is 0 Å². The molecule has 0 saturated carbocycles. The summed E-state index contributed by atoms with van der Waals surface area (Å²) in [5, 5.41) is 10.9. The van der Waals surface area contributed by atoms with Gasteiger partial charge in [0.1, 0.15) is 23.7 Å². The molecule has 0 radical (unpaired) electrons. The van der Waals surface area contributed by atoms with Gasteiger partial charge >= 0.3 is 0 Å². The molecule has 140 valence electrons. The number of aliphatic hydroxyl groups excluding tert-OH is 1. The van der Waals surface area contributed by atoms with Crippen molar-refractivity contribution in [1.82, 2.24) is 0 Å². The van der Waals surface area contributed by atoms with Crippen molar-refractivity contribution in [2.45, 2.75) is 67.1 Å². The van der Waals surface area contributed by atoms with Gasteiger partial charge in [0, 0.05) is 19.1 Å². The number of ether oxygens (including phenoxy) is 5. The van der Waals surface area contributed by atoms with E-state index in [2.05, 4.69) is 0 Å². The topological polar surface area (TPSA) is 66.4 Å². The Balaban J connectivity index is 1.82. The molecule has 2 fully saturated rings. The first kappa shape index (κ1) is 19.1. The van der Waals surface area contributed by atoms with Crippen molar-refractivity contribution in [3.05, 3.63) is 30.3 Å². The van der Waals surface area contributed by atoms with Crippen LogP contribution < -0.4 is 0 Å². The summed E-state index contributed by atoms with van der Waals surface area (Å²) in [6.07, 6.45) is -2.19. The number of methoxy groups -OCH3 is 2. The van der Waals surface area contributed by atoms with E-state index in [4.69, 9.17) is 23.7 Å². The minimum atomic E-state index is -1.15. The van der Waals surface area contributed by atoms with Crippen LogP contribution in [0.2, 0.25) is 0 Å². The lowest BCUT2D eigenvalue weighted by atomic mass is 9.95. The van der Waals surface area contributed by atoms with Crippen molar-refractivity contribution in [3.8, 4) is 0 Å². The first-order valence-corrected chi connectivity index (χ1v) is 9.22. The Morgan fingerprint density at radius 2 is 1.56 bits per heavy atom. The molecule has 25 heavy (non-hydrogen) atoms. The average Bonchev–Trinajstić information content (AvgIpc) is 2.62. The third kappa shape index (κ3) is 3.35. The summed E-state index contributed by atoms with van der Waals surface area (Å²) in [6, 6.07) is 9.83. The third-order valence-electron chi connectivity index (χ3n) is 5.07. The summed E-state index contributed by atoms with van der Waals surface area (Å²) in [5.74, 6) is -2.26. The largest absolute Gasteiger partial charge is 0.387 e. The highest BCUT2D eigenvalue weighted by Crippen LogP contribution is 2.45. The first-order chi connectivity index (χ1) is 11.8. The highest BCUT2D eigenvalue weighted by atomic mass is 32.2. The molecule has 0 aromatic heterocycles. The predicted octanol–water partition coefficient (Wildman–Crippen LogP) is 2.39. The molecule has 7 heteroatoms. The van der Waals surface area contributed by atoms with Crippen LogP contribution in [0.25, 0.3) is 0 Å². The van der Waals surface area contributed by atoms with E-state index >= 15 is 0 Å². The molecule has 6 nitrogen and oxygen atoms in total. The highest BCUT2D eigenvalue weighted by Gasteiger charge is 2.61. The minimum absolute atomic E-state index is 0.273. The van der Waals surface area contributed by atoms with Crippen molar-refractivity contribution >= 4 is 11.8 Å². The molecular weight excluding hydrogens is 344 g/mol. The molecule has 1 aromatic rings. The minimum Gasteiger partial charge on any atom is -0.387 e. The third-order valence-corrected chi connectivity index (χ3v) is 6.24. The molecule has 0 amide bonds. The fourth-order valence-electron chi connectivity index (χ4n) is 3.22. The van der Waals surface area contributed by atoms with Gasteiger partial charge in [-0.1, -0.05) is 30.0 Å². The molecule has 7 unspecified atom stereocenters. The molecular formula is C18H26O6S. The highest BCUT2D eigenvalue weighted by molar-refractivity contribution is 7.99. The van der Waals surface area contributed by atoms with E-state index in [-0.39, 0.29) is 6.10 Å². The maximum Gasteiger partial charge on any atom is 0.220 e. The average molecular weight is 370 g/mol. The van der Waals surface area contributed by atoms with Gasteiger partial charge in [0.2, 0.25) is 11.6 Å². The lowest BCUT2D eigenvalue weighted by molar-refractivity contribution is -0.468. The van der Waals surface area contributed by atoms with Crippen LogP contribution in [0, 0.1) is 0 Å². The molecule has 0 spiro atoms. The second-order valence-corrected chi connectivity index (χ2v) is 7.77. The predicted molar refractivity (Wildman–Crippen MR) is 93.2 cm³/mol. The normalized spacial score (nSPS) is 44.3. The Kier molecular flexibility index (Phi) is 5.46. The Bertz CT molecular complexity index is 586. The molecule has 0 bridgehead atoms. The number of benzene rings is 1. The standard InChI is InChI=1S/C18H26O6S/c1-11-14-15(24-18(3,21-5)17(2,20-4)23-14)13(19)16(22-11)25-12-9-7-6-8-10-12/h6-11,13-16,19H,1-5H3. The van der Waals surface area contributed by atoms with Gasteiger partial charge in [0.05, 0.1) is 6.10 Å². The van der Waals surface area contributed by atoms with Crippen molar-refractivity contribution in [2.24, 2.45) is 0 Å². The molecule has 2 heterocycles. The lowest BCUT2D eigenvalue weighted by Gasteiger charge is -2.56. The Labute approximate surface area is 152 Å². The lowest BCUT2D eigenvalue weighted by Crippen LogP contribution is -2.71. The molecule has 3 rings (SSSR count). The van der Waals surface area contributed by atoms with Crippen LogP contribution in [-0.4, -0.2) is 60.8 Å². The van der Waals surface area contributed by atoms with E-state index < -0.39 is 35.3 Å². The van der Waals surface area contributed by atoms with Crippen molar-refractivity contribution in [1.29, 1.82) is 0 Å². The van der Waals surface area contributed by atoms with Crippen LogP contribution in [0.4, 0.5) is 0 Å². The van der Waals surface area contributed by atoms with Crippen molar-refractivity contribution in [3.63, 3.8) is 0 Å². The summed E-state index contributed by atoms with van der Waals surface area (Å²) >= 11 is 1.47. The van der Waals surface area contributed by atoms with Gasteiger partial charge in [-0.2, -0.15) is 0 Å². The summed E-state index contributed by atoms with van der Waals surface area (Å²) in [7, 11) is 3.08. The fraction of sp³-hybridized carbons (Fsp3) is 0.667. The van der Waals surface area contributed by atoms with Gasteiger partial charge in [-0.15, -0.1) is 0 Å². The number of aliphatic hydroxyl groups is 1. The smallest absolute Gasteiger partial charge is 0.220 e. The van der Waals surface area contributed by atoms with Gasteiger partial charge < -0.3 is 28.8 Å². The SMILES string of the molecule is COC1(C)OC2C(C)OC(Sc3ccccc3)C(O)C2OC1(C)OC. The van der Waals surface area contributed by atoms with Crippen LogP contribution in [0.15, 0.2) is 35.2 Å². The number of rotatable bonds is 4. The summed E-state index contributed by atoms with van der Waals surface area (Å²) in [6.45, 7) is 5.42. The molecule has 1 aromatic carbocycles. The van der Waals surface area contributed by atoms with Crippen LogP contribution in [0.3, 0.4) is 0 Å². The van der Waals surface area contributed by atoms with Crippen LogP contribution in [0.5, 0.6) is 0 Å². The molecule has 2 saturated heterocycles. The van der Waals surface area contributed by atoms with E-state index in [0.29, 0.717) is 0 Å². The molecule has 7 atom stereocenters. The second-order valence-electron chi connectivity index (χ2n) is 6.60. The van der Waals surface area contributed by atoms with Gasteiger partial charge in [-0.25, -0.2) is 0 Å². The van der Waals surface area contributed by atoms with Crippen molar-refractivity contribution in [2.75, 3.05) is 14.2 Å². The van der Waals surface area contributed by atoms with Crippen LogP contribution in [0.1, 0.15) is 20.8 Å². The zero-order valence-electron chi connectivity index (χ0n) is 15.2. The Morgan fingerprint density at radius 1 is 1.00 bits per heavy atom. The number of hydrogen-bond donors (Lipinski definition) is 1. The number of hydrogen-bond acceptors (Lipinski definition) is 7. The van der Waals surface area contributed by atoms with E-state index in [1.165, 1.54) is 18.9 Å². The zero-order chi connectivity index (χ0) is 18.2. The number of fused-ring (bicyclic) bond motifs is 1. The van der Waals surface area contributed by atoms with Gasteiger partial charge in [-0.3, -0.25) is 0 Å². The second kappa shape index (κ2) is 7.15. The molecule has 2 aliphatic rings. The summed E-state index contributed by atoms with van der Waals surface area (Å²) in [5.41, 5.74) is -0.463. The quantitative estimate of drug-likeness (QED) is 0.873. The van der Waals surface area contributed by atoms with E-state index in [0.717, 1.165) is 4.90 Å². The van der Waals surface area contributed by atoms with Gasteiger partial charge in [0.25, 0.3) is 0 Å². The molecule has 0 aliphatic carbocycles. The maximum atomic E-state index is 10.9. The van der Waals surface area contributed by atoms with E-state index in [1.54, 1.807) is 21.0 Å². The summed E-state index contributed by atoms with van der Waals surface area (Å²) in [4.78, 5) is 1.02. The first-order valence-electron chi connectivity index (χ1n) is 8.35. The summed E-state index contributed by atoms with van der Waals surface area (Å²) < 4.78 is 29.4. The van der Waals surface area contributed by atoms with Crippen LogP contribution in [-0.2, 0) is 23.7 Å². The monoisotopic (exact) mass is 370 g/mol. The van der Waals surface area contributed by atoms with Gasteiger partial charge in [-0.05, 0) is 32.9 Å². The Morgan fingerprint density at radius 3 is 2.12 bits per heavy atom.